The molecule has 0 aliphatic carbocycles. The zero-order valence-electron chi connectivity index (χ0n) is 19.0. The van der Waals surface area contributed by atoms with Crippen molar-refractivity contribution in [1.29, 1.82) is 0 Å². The summed E-state index contributed by atoms with van der Waals surface area (Å²) in [6, 6.07) is 7.92. The summed E-state index contributed by atoms with van der Waals surface area (Å²) >= 11 is 0. The molecule has 0 radical (unpaired) electrons. The molecule has 2 aliphatic rings. The third-order valence-electron chi connectivity index (χ3n) is 5.59. The Hall–Kier alpha value is -4.61. The number of urea groups is 1. The van der Waals surface area contributed by atoms with Crippen molar-refractivity contribution in [3.63, 3.8) is 0 Å². The van der Waals surface area contributed by atoms with Crippen molar-refractivity contribution in [2.75, 3.05) is 32.9 Å². The standard InChI is InChI=1S/C23H21N3O9/c1-23(14-4-5-16-17(9-14)35-11-34-16)21(30)26(22(31)25-23)10-18(27)24-15-7-12(19(28)32-2)6-13(8-15)20(29)33-3/h4-9H,10-11H2,1-3H3,(H,24,27)(H,25,31). The van der Waals surface area contributed by atoms with Crippen LogP contribution in [0.4, 0.5) is 10.5 Å². The van der Waals surface area contributed by atoms with Crippen molar-refractivity contribution in [2.45, 2.75) is 12.5 Å². The van der Waals surface area contributed by atoms with Crippen LogP contribution in [-0.2, 0) is 24.6 Å². The van der Waals surface area contributed by atoms with Gasteiger partial charge in [-0.15, -0.1) is 0 Å². The molecule has 2 N–H and O–H groups in total. The van der Waals surface area contributed by atoms with Gasteiger partial charge in [0.1, 0.15) is 12.1 Å². The number of hydrogen-bond acceptors (Lipinski definition) is 9. The number of anilines is 1. The molecule has 2 aromatic rings. The molecule has 2 aromatic carbocycles. The van der Waals surface area contributed by atoms with E-state index in [0.29, 0.717) is 17.1 Å². The summed E-state index contributed by atoms with van der Waals surface area (Å²) in [5, 5.41) is 5.09. The van der Waals surface area contributed by atoms with Crippen molar-refractivity contribution in [3.05, 3.63) is 53.1 Å². The first-order chi connectivity index (χ1) is 16.7. The minimum atomic E-state index is -1.43. The highest BCUT2D eigenvalue weighted by Crippen LogP contribution is 2.37. The smallest absolute Gasteiger partial charge is 0.337 e. The van der Waals surface area contributed by atoms with Crippen molar-refractivity contribution in [2.24, 2.45) is 0 Å². The monoisotopic (exact) mass is 483 g/mol. The number of rotatable bonds is 6. The molecule has 4 rings (SSSR count). The van der Waals surface area contributed by atoms with Gasteiger partial charge in [-0.3, -0.25) is 14.5 Å². The molecule has 35 heavy (non-hydrogen) atoms. The molecule has 12 heteroatoms. The molecule has 1 fully saturated rings. The van der Waals surface area contributed by atoms with E-state index in [4.69, 9.17) is 9.47 Å². The molecule has 0 aromatic heterocycles. The summed E-state index contributed by atoms with van der Waals surface area (Å²) in [6.45, 7) is 0.961. The molecule has 0 saturated carbocycles. The van der Waals surface area contributed by atoms with Gasteiger partial charge >= 0.3 is 18.0 Å². The Morgan fingerprint density at radius 1 is 1.00 bits per heavy atom. The maximum Gasteiger partial charge on any atom is 0.337 e. The summed E-state index contributed by atoms with van der Waals surface area (Å²) in [6.07, 6.45) is 0. The number of imide groups is 1. The summed E-state index contributed by atoms with van der Waals surface area (Å²) in [4.78, 5) is 63.1. The normalized spacial score (nSPS) is 18.2. The van der Waals surface area contributed by atoms with Gasteiger partial charge in [-0.2, -0.15) is 0 Å². The Labute approximate surface area is 199 Å². The van der Waals surface area contributed by atoms with Crippen LogP contribution in [0.25, 0.3) is 0 Å². The fraction of sp³-hybridized carbons (Fsp3) is 0.261. The fourth-order valence-corrected chi connectivity index (χ4v) is 3.76. The molecule has 12 nitrogen and oxygen atoms in total. The van der Waals surface area contributed by atoms with Crippen LogP contribution in [-0.4, -0.2) is 62.2 Å². The van der Waals surface area contributed by atoms with E-state index in [1.165, 1.54) is 39.3 Å². The number of benzene rings is 2. The third kappa shape index (κ3) is 4.33. The van der Waals surface area contributed by atoms with Gasteiger partial charge < -0.3 is 29.6 Å². The van der Waals surface area contributed by atoms with Crippen molar-refractivity contribution >= 4 is 35.5 Å². The van der Waals surface area contributed by atoms with Crippen LogP contribution in [0.15, 0.2) is 36.4 Å². The Bertz CT molecular complexity index is 1220. The van der Waals surface area contributed by atoms with Crippen LogP contribution in [0.2, 0.25) is 0 Å². The van der Waals surface area contributed by atoms with Gasteiger partial charge in [-0.1, -0.05) is 6.07 Å². The Morgan fingerprint density at radius 2 is 1.63 bits per heavy atom. The van der Waals surface area contributed by atoms with Gasteiger partial charge in [0.25, 0.3) is 5.91 Å². The predicted molar refractivity (Wildman–Crippen MR) is 118 cm³/mol. The van der Waals surface area contributed by atoms with Crippen molar-refractivity contribution in [3.8, 4) is 11.5 Å². The second-order valence-corrected chi connectivity index (χ2v) is 7.84. The van der Waals surface area contributed by atoms with Crippen LogP contribution in [0.5, 0.6) is 11.5 Å². The quantitative estimate of drug-likeness (QED) is 0.459. The minimum absolute atomic E-state index is 0.00363. The lowest BCUT2D eigenvalue weighted by Gasteiger charge is -2.22. The first kappa shape index (κ1) is 23.5. The van der Waals surface area contributed by atoms with Crippen LogP contribution in [0.1, 0.15) is 33.2 Å². The van der Waals surface area contributed by atoms with Gasteiger partial charge in [0.2, 0.25) is 12.7 Å². The lowest BCUT2D eigenvalue weighted by molar-refractivity contribution is -0.133. The number of nitrogens with one attached hydrogen (secondary N) is 2. The largest absolute Gasteiger partial charge is 0.465 e. The number of nitrogens with zero attached hydrogens (tertiary/aromatic N) is 1. The summed E-state index contributed by atoms with van der Waals surface area (Å²) < 4.78 is 19.9. The minimum Gasteiger partial charge on any atom is -0.465 e. The second-order valence-electron chi connectivity index (χ2n) is 7.84. The van der Waals surface area contributed by atoms with Crippen LogP contribution in [0.3, 0.4) is 0 Å². The molecule has 0 bridgehead atoms. The third-order valence-corrected chi connectivity index (χ3v) is 5.59. The molecule has 1 unspecified atom stereocenters. The van der Waals surface area contributed by atoms with E-state index < -0.39 is 41.9 Å². The second kappa shape index (κ2) is 8.97. The number of carbonyl (C=O) groups is 5. The molecule has 4 amide bonds. The number of hydrogen-bond donors (Lipinski definition) is 2. The van der Waals surface area contributed by atoms with Crippen LogP contribution in [0, 0.1) is 0 Å². The van der Waals surface area contributed by atoms with E-state index in [2.05, 4.69) is 20.1 Å². The van der Waals surface area contributed by atoms with Crippen LogP contribution < -0.4 is 20.1 Å². The first-order valence-corrected chi connectivity index (χ1v) is 10.3. The highest BCUT2D eigenvalue weighted by Gasteiger charge is 2.50. The van der Waals surface area contributed by atoms with Gasteiger partial charge in [0.15, 0.2) is 11.5 Å². The SMILES string of the molecule is COC(=O)c1cc(NC(=O)CN2C(=O)NC(C)(c3ccc4c(c3)OCO4)C2=O)cc(C(=O)OC)c1. The molecule has 182 valence electrons. The topological polar surface area (TPSA) is 150 Å². The number of carbonyl (C=O) groups excluding carboxylic acids is 5. The van der Waals surface area contributed by atoms with E-state index in [-0.39, 0.29) is 23.6 Å². The Morgan fingerprint density at radius 3 is 2.26 bits per heavy atom. The summed E-state index contributed by atoms with van der Waals surface area (Å²) in [5.74, 6) is -1.89. The lowest BCUT2D eigenvalue weighted by Crippen LogP contribution is -2.42. The maximum atomic E-state index is 13.2. The van der Waals surface area contributed by atoms with Crippen LogP contribution >= 0.6 is 0 Å². The molecular formula is C23H21N3O9. The fourth-order valence-electron chi connectivity index (χ4n) is 3.76. The van der Waals surface area contributed by atoms with Gasteiger partial charge in [-0.05, 0) is 42.8 Å². The highest BCUT2D eigenvalue weighted by molar-refractivity contribution is 6.10. The zero-order chi connectivity index (χ0) is 25.3. The highest BCUT2D eigenvalue weighted by atomic mass is 16.7. The zero-order valence-corrected chi connectivity index (χ0v) is 19.0. The summed E-state index contributed by atoms with van der Waals surface area (Å²) in [5.41, 5.74) is -0.908. The molecule has 2 aliphatic heterocycles. The molecule has 1 atom stereocenters. The first-order valence-electron chi connectivity index (χ1n) is 10.3. The average molecular weight is 483 g/mol. The number of esters is 2. The van der Waals surface area contributed by atoms with Gasteiger partial charge in [0, 0.05) is 5.69 Å². The lowest BCUT2D eigenvalue weighted by atomic mass is 9.91. The van der Waals surface area contributed by atoms with E-state index in [9.17, 15) is 24.0 Å². The molecular weight excluding hydrogens is 462 g/mol. The predicted octanol–water partition coefficient (Wildman–Crippen LogP) is 1.39. The number of methoxy groups -OCH3 is 2. The molecule has 1 saturated heterocycles. The number of amides is 4. The van der Waals surface area contributed by atoms with Crippen molar-refractivity contribution < 1.29 is 42.9 Å². The Kier molecular flexibility index (Phi) is 6.03. The number of ether oxygens (including phenoxy) is 4. The summed E-state index contributed by atoms with van der Waals surface area (Å²) in [7, 11) is 2.33. The Balaban J connectivity index is 1.52. The van der Waals surface area contributed by atoms with Crippen molar-refractivity contribution in [1.82, 2.24) is 10.2 Å². The number of fused-ring (bicyclic) bond motifs is 1. The van der Waals surface area contributed by atoms with Gasteiger partial charge in [0.05, 0.1) is 25.3 Å². The maximum absolute atomic E-state index is 13.2. The van der Waals surface area contributed by atoms with E-state index in [1.54, 1.807) is 18.2 Å². The van der Waals surface area contributed by atoms with E-state index in [0.717, 1.165) is 4.90 Å². The van der Waals surface area contributed by atoms with E-state index >= 15 is 0 Å². The molecule has 2 heterocycles. The van der Waals surface area contributed by atoms with E-state index in [1.807, 2.05) is 0 Å². The average Bonchev–Trinajstić information content (AvgIpc) is 3.41. The molecule has 0 spiro atoms. The van der Waals surface area contributed by atoms with Gasteiger partial charge in [-0.25, -0.2) is 14.4 Å².